The Morgan fingerprint density at radius 3 is 3.00 bits per heavy atom. The molecule has 0 saturated carbocycles. The van der Waals surface area contributed by atoms with Crippen LogP contribution in [0.15, 0.2) is 30.7 Å². The van der Waals surface area contributed by atoms with Crippen LogP contribution in [0.1, 0.15) is 6.42 Å². The molecule has 1 atom stereocenters. The number of imidazole rings is 1. The first-order valence-corrected chi connectivity index (χ1v) is 6.50. The summed E-state index contributed by atoms with van der Waals surface area (Å²) in [6.07, 6.45) is 5.84. The maximum Gasteiger partial charge on any atom is 0.220 e. The van der Waals surface area contributed by atoms with E-state index in [4.69, 9.17) is 11.6 Å². The number of rotatable bonds is 3. The Bertz CT molecular complexity index is 593. The Labute approximate surface area is 115 Å². The standard InChI is InChI=1S/C13H13ClN4O/c14-10-1-2-11(16-7-10)13-15-3-4-18(13)8-9-5-12(19)17-6-9/h1-4,7,9H,5-6,8H2,(H,17,19). The van der Waals surface area contributed by atoms with E-state index in [1.54, 1.807) is 18.5 Å². The molecule has 2 aromatic heterocycles. The van der Waals surface area contributed by atoms with E-state index in [0.29, 0.717) is 17.4 Å². The number of nitrogens with zero attached hydrogens (tertiary/aromatic N) is 3. The molecule has 0 spiro atoms. The third-order valence-corrected chi connectivity index (χ3v) is 3.41. The van der Waals surface area contributed by atoms with E-state index >= 15 is 0 Å². The van der Waals surface area contributed by atoms with Gasteiger partial charge in [0.05, 0.1) is 5.02 Å². The summed E-state index contributed by atoms with van der Waals surface area (Å²) in [5.74, 6) is 1.24. The highest BCUT2D eigenvalue weighted by atomic mass is 35.5. The van der Waals surface area contributed by atoms with Gasteiger partial charge in [0.2, 0.25) is 5.91 Å². The minimum atomic E-state index is 0.122. The number of aromatic nitrogens is 3. The van der Waals surface area contributed by atoms with Crippen molar-refractivity contribution < 1.29 is 4.79 Å². The first-order valence-electron chi connectivity index (χ1n) is 6.12. The van der Waals surface area contributed by atoms with Crippen LogP contribution >= 0.6 is 11.6 Å². The molecule has 1 aliphatic rings. The zero-order chi connectivity index (χ0) is 13.2. The minimum Gasteiger partial charge on any atom is -0.356 e. The molecular weight excluding hydrogens is 264 g/mol. The van der Waals surface area contributed by atoms with Gasteiger partial charge in [0.1, 0.15) is 5.69 Å². The average Bonchev–Trinajstić information content (AvgIpc) is 3.00. The molecule has 5 nitrogen and oxygen atoms in total. The maximum absolute atomic E-state index is 11.2. The molecule has 0 radical (unpaired) electrons. The molecular formula is C13H13ClN4O. The fraction of sp³-hybridized carbons (Fsp3) is 0.308. The minimum absolute atomic E-state index is 0.122. The summed E-state index contributed by atoms with van der Waals surface area (Å²) in [6, 6.07) is 3.64. The van der Waals surface area contributed by atoms with Crippen molar-refractivity contribution in [1.82, 2.24) is 19.9 Å². The number of amides is 1. The zero-order valence-corrected chi connectivity index (χ0v) is 11.0. The second-order valence-electron chi connectivity index (χ2n) is 4.64. The van der Waals surface area contributed by atoms with Crippen molar-refractivity contribution in [2.24, 2.45) is 5.92 Å². The fourth-order valence-corrected chi connectivity index (χ4v) is 2.38. The van der Waals surface area contributed by atoms with Crippen molar-refractivity contribution >= 4 is 17.5 Å². The van der Waals surface area contributed by atoms with Gasteiger partial charge in [0.15, 0.2) is 5.82 Å². The lowest BCUT2D eigenvalue weighted by atomic mass is 10.1. The SMILES string of the molecule is O=C1CC(Cn2ccnc2-c2ccc(Cl)cn2)CN1. The largest absolute Gasteiger partial charge is 0.356 e. The average molecular weight is 277 g/mol. The van der Waals surface area contributed by atoms with Gasteiger partial charge in [-0.1, -0.05) is 11.6 Å². The van der Waals surface area contributed by atoms with E-state index in [1.165, 1.54) is 0 Å². The highest BCUT2D eigenvalue weighted by Crippen LogP contribution is 2.20. The van der Waals surface area contributed by atoms with Crippen LogP contribution < -0.4 is 5.32 Å². The number of nitrogens with one attached hydrogen (secondary N) is 1. The Balaban J connectivity index is 1.82. The highest BCUT2D eigenvalue weighted by molar-refractivity contribution is 6.30. The lowest BCUT2D eigenvalue weighted by molar-refractivity contribution is -0.119. The third-order valence-electron chi connectivity index (χ3n) is 3.19. The second-order valence-corrected chi connectivity index (χ2v) is 5.08. The molecule has 0 aliphatic carbocycles. The van der Waals surface area contributed by atoms with Crippen LogP contribution in [-0.2, 0) is 11.3 Å². The first kappa shape index (κ1) is 12.2. The Morgan fingerprint density at radius 2 is 2.32 bits per heavy atom. The monoisotopic (exact) mass is 276 g/mol. The topological polar surface area (TPSA) is 59.8 Å². The molecule has 0 aromatic carbocycles. The number of halogens is 1. The van der Waals surface area contributed by atoms with Crippen LogP contribution in [0.25, 0.3) is 11.5 Å². The van der Waals surface area contributed by atoms with Gasteiger partial charge in [-0.3, -0.25) is 9.78 Å². The first-order chi connectivity index (χ1) is 9.22. The quantitative estimate of drug-likeness (QED) is 0.929. The van der Waals surface area contributed by atoms with E-state index in [0.717, 1.165) is 24.6 Å². The van der Waals surface area contributed by atoms with Crippen LogP contribution in [0.2, 0.25) is 5.02 Å². The Hall–Kier alpha value is -1.88. The molecule has 6 heteroatoms. The van der Waals surface area contributed by atoms with Gasteiger partial charge >= 0.3 is 0 Å². The molecule has 2 aromatic rings. The molecule has 1 amide bonds. The predicted octanol–water partition coefficient (Wildman–Crippen LogP) is 1.73. The number of carbonyl (C=O) groups is 1. The summed E-state index contributed by atoms with van der Waals surface area (Å²) >= 11 is 5.83. The van der Waals surface area contributed by atoms with Crippen molar-refractivity contribution in [2.75, 3.05) is 6.54 Å². The fourth-order valence-electron chi connectivity index (χ4n) is 2.27. The summed E-state index contributed by atoms with van der Waals surface area (Å²) in [5, 5.41) is 3.45. The summed E-state index contributed by atoms with van der Waals surface area (Å²) in [6.45, 7) is 1.49. The van der Waals surface area contributed by atoms with Crippen LogP contribution in [0.3, 0.4) is 0 Å². The normalized spacial score (nSPS) is 18.6. The van der Waals surface area contributed by atoms with Crippen molar-refractivity contribution in [3.63, 3.8) is 0 Å². The number of pyridine rings is 1. The molecule has 3 rings (SSSR count). The summed E-state index contributed by atoms with van der Waals surface area (Å²) in [5.41, 5.74) is 0.784. The molecule has 1 fully saturated rings. The number of carbonyl (C=O) groups excluding carboxylic acids is 1. The van der Waals surface area contributed by atoms with Gasteiger partial charge in [0.25, 0.3) is 0 Å². The maximum atomic E-state index is 11.2. The van der Waals surface area contributed by atoms with Gasteiger partial charge in [-0.25, -0.2) is 4.98 Å². The van der Waals surface area contributed by atoms with Gasteiger partial charge < -0.3 is 9.88 Å². The van der Waals surface area contributed by atoms with Crippen LogP contribution in [0.5, 0.6) is 0 Å². The smallest absolute Gasteiger partial charge is 0.220 e. The van der Waals surface area contributed by atoms with Crippen molar-refractivity contribution in [3.05, 3.63) is 35.7 Å². The Kier molecular flexibility index (Phi) is 3.21. The predicted molar refractivity (Wildman–Crippen MR) is 71.6 cm³/mol. The van der Waals surface area contributed by atoms with E-state index in [9.17, 15) is 4.79 Å². The Morgan fingerprint density at radius 1 is 1.42 bits per heavy atom. The van der Waals surface area contributed by atoms with Crippen molar-refractivity contribution in [2.45, 2.75) is 13.0 Å². The van der Waals surface area contributed by atoms with E-state index in [1.807, 2.05) is 16.8 Å². The van der Waals surface area contributed by atoms with Crippen molar-refractivity contribution in [1.29, 1.82) is 0 Å². The number of hydrogen-bond donors (Lipinski definition) is 1. The zero-order valence-electron chi connectivity index (χ0n) is 10.2. The summed E-state index contributed by atoms with van der Waals surface area (Å²) in [4.78, 5) is 19.8. The van der Waals surface area contributed by atoms with Gasteiger partial charge in [0, 0.05) is 44.0 Å². The van der Waals surface area contributed by atoms with Crippen molar-refractivity contribution in [3.8, 4) is 11.5 Å². The third kappa shape index (κ3) is 2.61. The van der Waals surface area contributed by atoms with Gasteiger partial charge in [-0.2, -0.15) is 0 Å². The molecule has 1 aliphatic heterocycles. The summed E-state index contributed by atoms with van der Waals surface area (Å²) in [7, 11) is 0. The molecule has 0 bridgehead atoms. The van der Waals surface area contributed by atoms with Crippen LogP contribution in [-0.4, -0.2) is 27.0 Å². The van der Waals surface area contributed by atoms with E-state index in [2.05, 4.69) is 15.3 Å². The molecule has 1 N–H and O–H groups in total. The highest BCUT2D eigenvalue weighted by Gasteiger charge is 2.22. The lowest BCUT2D eigenvalue weighted by Crippen LogP contribution is -2.16. The molecule has 98 valence electrons. The van der Waals surface area contributed by atoms with Crippen LogP contribution in [0.4, 0.5) is 0 Å². The summed E-state index contributed by atoms with van der Waals surface area (Å²) < 4.78 is 2.03. The molecule has 19 heavy (non-hydrogen) atoms. The molecule has 3 heterocycles. The lowest BCUT2D eigenvalue weighted by Gasteiger charge is -2.11. The molecule has 1 unspecified atom stereocenters. The van der Waals surface area contributed by atoms with E-state index < -0.39 is 0 Å². The van der Waals surface area contributed by atoms with Crippen LogP contribution in [0, 0.1) is 5.92 Å². The second kappa shape index (κ2) is 5.01. The van der Waals surface area contributed by atoms with Gasteiger partial charge in [-0.05, 0) is 12.1 Å². The van der Waals surface area contributed by atoms with E-state index in [-0.39, 0.29) is 5.91 Å². The number of hydrogen-bond acceptors (Lipinski definition) is 3. The molecule has 1 saturated heterocycles. The van der Waals surface area contributed by atoms with Gasteiger partial charge in [-0.15, -0.1) is 0 Å².